The molecule has 0 aromatic heterocycles. The molecule has 23 heavy (non-hydrogen) atoms. The molecule has 128 valence electrons. The van der Waals surface area contributed by atoms with Crippen molar-refractivity contribution in [2.45, 2.75) is 65.4 Å². The Morgan fingerprint density at radius 1 is 1.35 bits per heavy atom. The molecule has 2 saturated carbocycles. The third-order valence-electron chi connectivity index (χ3n) is 6.84. The SMILES string of the molecule is C=C1[C@@H](O)C[C@H]2C(C)(C)CCC[C@]2(C)[C@H]1C/C=C1\COC(=O)C1. The van der Waals surface area contributed by atoms with Gasteiger partial charge in [0.2, 0.25) is 0 Å². The number of aliphatic hydroxyl groups is 1. The second kappa shape index (κ2) is 5.77. The van der Waals surface area contributed by atoms with Crippen LogP contribution in [0.25, 0.3) is 0 Å². The number of aliphatic hydroxyl groups excluding tert-OH is 1. The van der Waals surface area contributed by atoms with Gasteiger partial charge in [-0.25, -0.2) is 0 Å². The summed E-state index contributed by atoms with van der Waals surface area (Å²) in [5.41, 5.74) is 2.53. The van der Waals surface area contributed by atoms with Gasteiger partial charge in [0, 0.05) is 0 Å². The van der Waals surface area contributed by atoms with Crippen LogP contribution in [0.5, 0.6) is 0 Å². The average molecular weight is 318 g/mol. The minimum atomic E-state index is -0.393. The molecule has 0 aromatic carbocycles. The maximum absolute atomic E-state index is 11.3. The van der Waals surface area contributed by atoms with E-state index in [0.717, 1.165) is 24.0 Å². The van der Waals surface area contributed by atoms with Gasteiger partial charge in [0.25, 0.3) is 0 Å². The minimum absolute atomic E-state index is 0.123. The molecule has 0 bridgehead atoms. The second-order valence-electron chi connectivity index (χ2n) is 8.72. The third-order valence-corrected chi connectivity index (χ3v) is 6.84. The molecular weight excluding hydrogens is 288 g/mol. The van der Waals surface area contributed by atoms with Crippen LogP contribution in [0.1, 0.15) is 59.3 Å². The molecule has 3 nitrogen and oxygen atoms in total. The molecule has 0 unspecified atom stereocenters. The van der Waals surface area contributed by atoms with Gasteiger partial charge in [0.1, 0.15) is 6.61 Å². The van der Waals surface area contributed by atoms with Crippen LogP contribution in [0.3, 0.4) is 0 Å². The predicted octanol–water partition coefficient (Wildman–Crippen LogP) is 4.02. The second-order valence-corrected chi connectivity index (χ2v) is 8.72. The Balaban J connectivity index is 1.86. The largest absolute Gasteiger partial charge is 0.461 e. The predicted molar refractivity (Wildman–Crippen MR) is 90.8 cm³/mol. The molecule has 3 fully saturated rings. The molecule has 3 rings (SSSR count). The van der Waals surface area contributed by atoms with E-state index in [2.05, 4.69) is 33.4 Å². The molecular formula is C20H30O3. The topological polar surface area (TPSA) is 46.5 Å². The highest BCUT2D eigenvalue weighted by Gasteiger charge is 2.54. The molecule has 0 amide bonds. The van der Waals surface area contributed by atoms with Crippen molar-refractivity contribution < 1.29 is 14.6 Å². The van der Waals surface area contributed by atoms with Gasteiger partial charge in [-0.1, -0.05) is 39.8 Å². The molecule has 0 spiro atoms. The number of fused-ring (bicyclic) bond motifs is 1. The van der Waals surface area contributed by atoms with Crippen molar-refractivity contribution in [3.63, 3.8) is 0 Å². The summed E-state index contributed by atoms with van der Waals surface area (Å²) in [6.45, 7) is 11.8. The van der Waals surface area contributed by atoms with Crippen molar-refractivity contribution in [1.82, 2.24) is 0 Å². The fourth-order valence-electron chi connectivity index (χ4n) is 5.50. The van der Waals surface area contributed by atoms with Gasteiger partial charge in [-0.3, -0.25) is 4.79 Å². The molecule has 1 saturated heterocycles. The van der Waals surface area contributed by atoms with E-state index in [-0.39, 0.29) is 16.8 Å². The lowest BCUT2D eigenvalue weighted by molar-refractivity contribution is -0.137. The Labute approximate surface area is 139 Å². The van der Waals surface area contributed by atoms with Gasteiger partial charge >= 0.3 is 5.97 Å². The number of rotatable bonds is 2. The van der Waals surface area contributed by atoms with Crippen molar-refractivity contribution in [1.29, 1.82) is 0 Å². The summed E-state index contributed by atoms with van der Waals surface area (Å²) < 4.78 is 5.04. The maximum Gasteiger partial charge on any atom is 0.310 e. The first kappa shape index (κ1) is 16.8. The standard InChI is InChI=1S/C20H30O3/c1-13-15(7-6-14-10-18(22)23-12-14)20(4)9-5-8-19(2,3)17(20)11-16(13)21/h6,15-17,21H,1,5,7-12H2,2-4H3/b14-6-/t15-,16-,17-,20+/m0/s1. The first-order valence-electron chi connectivity index (χ1n) is 8.94. The zero-order valence-electron chi connectivity index (χ0n) is 14.7. The summed E-state index contributed by atoms with van der Waals surface area (Å²) in [5.74, 6) is 0.690. The van der Waals surface area contributed by atoms with Crippen LogP contribution in [0.2, 0.25) is 0 Å². The highest BCUT2D eigenvalue weighted by molar-refractivity contribution is 5.75. The molecule has 3 aliphatic rings. The maximum atomic E-state index is 11.3. The normalized spacial score (nSPS) is 41.7. The Morgan fingerprint density at radius 3 is 2.74 bits per heavy atom. The van der Waals surface area contributed by atoms with Gasteiger partial charge in [-0.15, -0.1) is 0 Å². The molecule has 0 aromatic rings. The fourth-order valence-corrected chi connectivity index (χ4v) is 5.50. The van der Waals surface area contributed by atoms with Crippen LogP contribution < -0.4 is 0 Å². The van der Waals surface area contributed by atoms with E-state index in [9.17, 15) is 9.90 Å². The number of cyclic esters (lactones) is 1. The van der Waals surface area contributed by atoms with Crippen molar-refractivity contribution in [3.8, 4) is 0 Å². The highest BCUT2D eigenvalue weighted by atomic mass is 16.5. The van der Waals surface area contributed by atoms with Crippen LogP contribution in [0.4, 0.5) is 0 Å². The zero-order chi connectivity index (χ0) is 16.8. The number of esters is 1. The molecule has 1 N–H and O–H groups in total. The first-order chi connectivity index (χ1) is 10.7. The Bertz CT molecular complexity index is 545. The number of hydrogen-bond acceptors (Lipinski definition) is 3. The van der Waals surface area contributed by atoms with E-state index in [1.165, 1.54) is 19.3 Å². The molecule has 2 aliphatic carbocycles. The van der Waals surface area contributed by atoms with E-state index in [0.29, 0.717) is 24.9 Å². The van der Waals surface area contributed by atoms with E-state index < -0.39 is 6.10 Å². The number of carbonyl (C=O) groups excluding carboxylic acids is 1. The van der Waals surface area contributed by atoms with E-state index in [4.69, 9.17) is 4.74 Å². The lowest BCUT2D eigenvalue weighted by atomic mass is 9.46. The molecule has 0 radical (unpaired) electrons. The summed E-state index contributed by atoms with van der Waals surface area (Å²) in [5, 5.41) is 10.6. The summed E-state index contributed by atoms with van der Waals surface area (Å²) in [6, 6.07) is 0. The number of ether oxygens (including phenoxy) is 1. The summed E-state index contributed by atoms with van der Waals surface area (Å²) in [4.78, 5) is 11.3. The molecule has 3 heteroatoms. The fraction of sp³-hybridized carbons (Fsp3) is 0.750. The van der Waals surface area contributed by atoms with Gasteiger partial charge in [0.05, 0.1) is 12.5 Å². The summed E-state index contributed by atoms with van der Waals surface area (Å²) in [6.07, 6.45) is 7.60. The van der Waals surface area contributed by atoms with E-state index in [1.807, 2.05) is 0 Å². The van der Waals surface area contributed by atoms with Crippen molar-refractivity contribution in [2.75, 3.05) is 6.61 Å². The van der Waals surface area contributed by atoms with E-state index in [1.54, 1.807) is 0 Å². The number of carbonyl (C=O) groups is 1. The van der Waals surface area contributed by atoms with Gasteiger partial charge < -0.3 is 9.84 Å². The highest BCUT2D eigenvalue weighted by Crippen LogP contribution is 2.61. The van der Waals surface area contributed by atoms with Crippen LogP contribution in [-0.4, -0.2) is 23.8 Å². The Kier molecular flexibility index (Phi) is 4.20. The van der Waals surface area contributed by atoms with Crippen molar-refractivity contribution in [2.24, 2.45) is 22.7 Å². The van der Waals surface area contributed by atoms with Crippen LogP contribution >= 0.6 is 0 Å². The number of allylic oxidation sites excluding steroid dienone is 1. The summed E-state index contributed by atoms with van der Waals surface area (Å²) >= 11 is 0. The first-order valence-corrected chi connectivity index (χ1v) is 8.94. The number of hydrogen-bond donors (Lipinski definition) is 1. The summed E-state index contributed by atoms with van der Waals surface area (Å²) in [7, 11) is 0. The Morgan fingerprint density at radius 2 is 2.09 bits per heavy atom. The van der Waals surface area contributed by atoms with Gasteiger partial charge in [0.15, 0.2) is 0 Å². The molecule has 1 heterocycles. The van der Waals surface area contributed by atoms with Crippen LogP contribution in [-0.2, 0) is 9.53 Å². The van der Waals surface area contributed by atoms with Gasteiger partial charge in [-0.2, -0.15) is 0 Å². The molecule has 1 aliphatic heterocycles. The smallest absolute Gasteiger partial charge is 0.310 e. The lowest BCUT2D eigenvalue weighted by Gasteiger charge is -2.59. The van der Waals surface area contributed by atoms with Crippen molar-refractivity contribution >= 4 is 5.97 Å². The van der Waals surface area contributed by atoms with Crippen LogP contribution in [0, 0.1) is 22.7 Å². The van der Waals surface area contributed by atoms with Crippen LogP contribution in [0.15, 0.2) is 23.8 Å². The lowest BCUT2D eigenvalue weighted by Crippen LogP contribution is -2.52. The van der Waals surface area contributed by atoms with Crippen molar-refractivity contribution in [3.05, 3.63) is 23.8 Å². The zero-order valence-corrected chi connectivity index (χ0v) is 14.7. The van der Waals surface area contributed by atoms with Gasteiger partial charge in [-0.05, 0) is 59.5 Å². The minimum Gasteiger partial charge on any atom is -0.461 e. The van der Waals surface area contributed by atoms with E-state index >= 15 is 0 Å². The monoisotopic (exact) mass is 318 g/mol. The Hall–Kier alpha value is -1.09. The average Bonchev–Trinajstić information content (AvgIpc) is 2.87. The third kappa shape index (κ3) is 2.88. The molecule has 4 atom stereocenters. The quantitative estimate of drug-likeness (QED) is 0.618.